The molecule has 0 saturated heterocycles. The lowest BCUT2D eigenvalue weighted by Gasteiger charge is -2.33. The Morgan fingerprint density at radius 1 is 0.581 bits per heavy atom. The van der Waals surface area contributed by atoms with Crippen molar-refractivity contribution in [2.24, 2.45) is 5.41 Å². The Balaban J connectivity index is 2.01. The maximum absolute atomic E-state index is 5.78. The van der Waals surface area contributed by atoms with Crippen molar-refractivity contribution in [3.8, 4) is 5.75 Å². The van der Waals surface area contributed by atoms with Gasteiger partial charge in [0.1, 0.15) is 12.4 Å². The van der Waals surface area contributed by atoms with Crippen molar-refractivity contribution < 1.29 is 28.4 Å². The molecule has 0 aliphatic rings. The molecule has 1 aromatic carbocycles. The van der Waals surface area contributed by atoms with Crippen LogP contribution in [0.2, 0.25) is 0 Å². The first-order chi connectivity index (χ1) is 14.7. The van der Waals surface area contributed by atoms with Crippen molar-refractivity contribution in [2.45, 2.75) is 46.5 Å². The van der Waals surface area contributed by atoms with E-state index in [1.807, 2.05) is 12.1 Å². The van der Waals surface area contributed by atoms with Gasteiger partial charge in [-0.05, 0) is 34.9 Å². The molecule has 1 aromatic rings. The topological polar surface area (TPSA) is 55.4 Å². The summed E-state index contributed by atoms with van der Waals surface area (Å²) >= 11 is 0. The van der Waals surface area contributed by atoms with Gasteiger partial charge in [0.2, 0.25) is 0 Å². The van der Waals surface area contributed by atoms with Gasteiger partial charge in [-0.1, -0.05) is 46.8 Å². The molecule has 0 unspecified atom stereocenters. The molecule has 180 valence electrons. The van der Waals surface area contributed by atoms with Crippen LogP contribution in [0.1, 0.15) is 46.6 Å². The predicted octanol–water partition coefficient (Wildman–Crippen LogP) is 4.49. The third-order valence-electron chi connectivity index (χ3n) is 4.65. The summed E-state index contributed by atoms with van der Waals surface area (Å²) in [5.41, 5.74) is 1.78. The van der Waals surface area contributed by atoms with Gasteiger partial charge in [-0.3, -0.25) is 0 Å². The van der Waals surface area contributed by atoms with Crippen LogP contribution in [0.4, 0.5) is 0 Å². The fraction of sp³-hybridized carbons (Fsp3) is 0.760. The lowest BCUT2D eigenvalue weighted by Crippen LogP contribution is -2.24. The van der Waals surface area contributed by atoms with E-state index < -0.39 is 0 Å². The Hall–Kier alpha value is -1.18. The quantitative estimate of drug-likeness (QED) is 0.314. The van der Waals surface area contributed by atoms with Crippen molar-refractivity contribution in [3.63, 3.8) is 0 Å². The molecule has 6 heteroatoms. The molecule has 0 spiro atoms. The van der Waals surface area contributed by atoms with E-state index in [1.54, 1.807) is 7.11 Å². The predicted molar refractivity (Wildman–Crippen MR) is 124 cm³/mol. The van der Waals surface area contributed by atoms with Gasteiger partial charge in [0.05, 0.1) is 59.5 Å². The monoisotopic (exact) mass is 440 g/mol. The fourth-order valence-electron chi connectivity index (χ4n) is 3.55. The maximum atomic E-state index is 5.78. The van der Waals surface area contributed by atoms with Gasteiger partial charge < -0.3 is 28.4 Å². The van der Waals surface area contributed by atoms with E-state index in [9.17, 15) is 0 Å². The van der Waals surface area contributed by atoms with Crippen LogP contribution in [0, 0.1) is 5.41 Å². The lowest BCUT2D eigenvalue weighted by atomic mass is 9.72. The van der Waals surface area contributed by atoms with Crippen LogP contribution in [0.3, 0.4) is 0 Å². The largest absolute Gasteiger partial charge is 0.491 e. The molecule has 0 amide bonds. The first kappa shape index (κ1) is 27.9. The van der Waals surface area contributed by atoms with Crippen LogP contribution in [0.5, 0.6) is 5.75 Å². The van der Waals surface area contributed by atoms with Gasteiger partial charge in [-0.2, -0.15) is 0 Å². The SMILES string of the molecule is COCCOCCOCCOCCOCCOc1ccc(C(C)(C)CC(C)(C)C)cc1. The summed E-state index contributed by atoms with van der Waals surface area (Å²) in [5, 5.41) is 0. The van der Waals surface area contributed by atoms with E-state index in [2.05, 4.69) is 46.8 Å². The van der Waals surface area contributed by atoms with Crippen molar-refractivity contribution in [3.05, 3.63) is 29.8 Å². The minimum Gasteiger partial charge on any atom is -0.491 e. The summed E-state index contributed by atoms with van der Waals surface area (Å²) < 4.78 is 32.4. The van der Waals surface area contributed by atoms with E-state index in [0.29, 0.717) is 71.5 Å². The van der Waals surface area contributed by atoms with Crippen LogP contribution in [-0.4, -0.2) is 73.2 Å². The number of hydrogen-bond donors (Lipinski definition) is 0. The van der Waals surface area contributed by atoms with Crippen molar-refractivity contribution >= 4 is 0 Å². The van der Waals surface area contributed by atoms with Crippen LogP contribution < -0.4 is 4.74 Å². The fourth-order valence-corrected chi connectivity index (χ4v) is 3.55. The van der Waals surface area contributed by atoms with Crippen molar-refractivity contribution in [2.75, 3.05) is 73.2 Å². The normalized spacial score (nSPS) is 12.3. The zero-order valence-corrected chi connectivity index (χ0v) is 20.5. The van der Waals surface area contributed by atoms with Crippen LogP contribution in [-0.2, 0) is 29.1 Å². The van der Waals surface area contributed by atoms with Gasteiger partial charge in [-0.15, -0.1) is 0 Å². The highest BCUT2D eigenvalue weighted by Gasteiger charge is 2.27. The van der Waals surface area contributed by atoms with Crippen LogP contribution >= 0.6 is 0 Å². The van der Waals surface area contributed by atoms with Crippen LogP contribution in [0.15, 0.2) is 24.3 Å². The summed E-state index contributed by atoms with van der Waals surface area (Å²) in [4.78, 5) is 0. The third kappa shape index (κ3) is 14.5. The Kier molecular flexibility index (Phi) is 14.0. The Labute approximate surface area is 189 Å². The van der Waals surface area contributed by atoms with E-state index in [-0.39, 0.29) is 5.41 Å². The van der Waals surface area contributed by atoms with E-state index >= 15 is 0 Å². The van der Waals surface area contributed by atoms with Gasteiger partial charge in [0, 0.05) is 7.11 Å². The number of benzene rings is 1. The zero-order valence-electron chi connectivity index (χ0n) is 20.5. The van der Waals surface area contributed by atoms with Gasteiger partial charge in [-0.25, -0.2) is 0 Å². The summed E-state index contributed by atoms with van der Waals surface area (Å²) in [5.74, 6) is 0.874. The first-order valence-corrected chi connectivity index (χ1v) is 11.3. The Morgan fingerprint density at radius 2 is 1.00 bits per heavy atom. The Bertz CT molecular complexity index is 550. The molecule has 0 N–H and O–H groups in total. The van der Waals surface area contributed by atoms with E-state index in [0.717, 1.165) is 12.2 Å². The molecule has 0 saturated carbocycles. The average Bonchev–Trinajstić information content (AvgIpc) is 2.69. The van der Waals surface area contributed by atoms with Crippen molar-refractivity contribution in [1.82, 2.24) is 0 Å². The molecule has 6 nitrogen and oxygen atoms in total. The van der Waals surface area contributed by atoms with Crippen LogP contribution in [0.25, 0.3) is 0 Å². The smallest absolute Gasteiger partial charge is 0.119 e. The molecule has 1 rings (SSSR count). The second-order valence-electron chi connectivity index (χ2n) is 9.44. The molecular formula is C25H44O6. The molecule has 0 aliphatic carbocycles. The zero-order chi connectivity index (χ0) is 23.0. The summed E-state index contributed by atoms with van der Waals surface area (Å²) in [6, 6.07) is 8.43. The molecule has 0 atom stereocenters. The number of rotatable bonds is 18. The Morgan fingerprint density at radius 3 is 1.42 bits per heavy atom. The molecular weight excluding hydrogens is 396 g/mol. The highest BCUT2D eigenvalue weighted by atomic mass is 16.6. The van der Waals surface area contributed by atoms with Gasteiger partial charge >= 0.3 is 0 Å². The lowest BCUT2D eigenvalue weighted by molar-refractivity contribution is -0.00978. The molecule has 0 fully saturated rings. The average molecular weight is 441 g/mol. The number of methoxy groups -OCH3 is 1. The third-order valence-corrected chi connectivity index (χ3v) is 4.65. The second kappa shape index (κ2) is 15.6. The molecule has 0 bridgehead atoms. The van der Waals surface area contributed by atoms with Gasteiger partial charge in [0.15, 0.2) is 0 Å². The van der Waals surface area contributed by atoms with E-state index in [4.69, 9.17) is 28.4 Å². The molecule has 0 aliphatic heterocycles. The number of ether oxygens (including phenoxy) is 6. The molecule has 0 aromatic heterocycles. The highest BCUT2D eigenvalue weighted by molar-refractivity contribution is 5.31. The van der Waals surface area contributed by atoms with Crippen molar-refractivity contribution in [1.29, 1.82) is 0 Å². The minimum atomic E-state index is 0.142. The molecule has 0 heterocycles. The molecule has 0 radical (unpaired) electrons. The van der Waals surface area contributed by atoms with Gasteiger partial charge in [0.25, 0.3) is 0 Å². The summed E-state index contributed by atoms with van der Waals surface area (Å²) in [7, 11) is 1.65. The number of hydrogen-bond acceptors (Lipinski definition) is 6. The molecule has 31 heavy (non-hydrogen) atoms. The minimum absolute atomic E-state index is 0.142. The standard InChI is InChI=1S/C25H44O6/c1-24(2,3)21-25(4,5)22-7-9-23(10-8-22)31-20-19-30-18-17-29-16-15-28-14-13-27-12-11-26-6/h7-10H,11-21H2,1-6H3. The van der Waals surface area contributed by atoms with E-state index in [1.165, 1.54) is 5.56 Å². The first-order valence-electron chi connectivity index (χ1n) is 11.3. The summed E-state index contributed by atoms with van der Waals surface area (Å²) in [6.07, 6.45) is 1.13. The highest BCUT2D eigenvalue weighted by Crippen LogP contribution is 2.36. The maximum Gasteiger partial charge on any atom is 0.119 e. The second-order valence-corrected chi connectivity index (χ2v) is 9.44. The summed E-state index contributed by atoms with van der Waals surface area (Å²) in [6.45, 7) is 17.1.